The predicted octanol–water partition coefficient (Wildman–Crippen LogP) is 4.02. The Labute approximate surface area is 121 Å². The zero-order chi connectivity index (χ0) is 14.1. The van der Waals surface area contributed by atoms with Crippen LogP contribution < -0.4 is 10.1 Å². The van der Waals surface area contributed by atoms with E-state index in [1.807, 2.05) is 12.1 Å². The van der Waals surface area contributed by atoms with Crippen molar-refractivity contribution in [3.05, 3.63) is 28.8 Å². The fourth-order valence-electron chi connectivity index (χ4n) is 3.65. The predicted molar refractivity (Wildman–Crippen MR) is 81.2 cm³/mol. The fraction of sp³-hybridized carbons (Fsp3) is 0.625. The first-order chi connectivity index (χ1) is 8.92. The van der Waals surface area contributed by atoms with Crippen LogP contribution in [0.1, 0.15) is 39.2 Å². The van der Waals surface area contributed by atoms with Gasteiger partial charge >= 0.3 is 0 Å². The molecule has 19 heavy (non-hydrogen) atoms. The molecular weight excluding hydrogens is 258 g/mol. The Balaban J connectivity index is 2.36. The van der Waals surface area contributed by atoms with E-state index in [-0.39, 0.29) is 5.41 Å². The van der Waals surface area contributed by atoms with E-state index in [0.717, 1.165) is 23.9 Å². The van der Waals surface area contributed by atoms with Gasteiger partial charge in [-0.15, -0.1) is 0 Å². The molecule has 2 rings (SSSR count). The molecule has 1 aliphatic rings. The maximum Gasteiger partial charge on any atom is 0.122 e. The van der Waals surface area contributed by atoms with E-state index in [2.05, 4.69) is 32.2 Å². The van der Waals surface area contributed by atoms with Crippen molar-refractivity contribution in [2.24, 2.45) is 5.41 Å². The van der Waals surface area contributed by atoms with Crippen LogP contribution in [0.4, 0.5) is 0 Å². The summed E-state index contributed by atoms with van der Waals surface area (Å²) >= 11 is 6.19. The van der Waals surface area contributed by atoms with Crippen molar-refractivity contribution in [2.75, 3.05) is 20.2 Å². The van der Waals surface area contributed by atoms with E-state index < -0.39 is 0 Å². The van der Waals surface area contributed by atoms with Crippen LogP contribution in [-0.4, -0.2) is 20.2 Å². The molecular formula is C16H24ClNO. The summed E-state index contributed by atoms with van der Waals surface area (Å²) in [6.45, 7) is 8.78. The quantitative estimate of drug-likeness (QED) is 0.880. The summed E-state index contributed by atoms with van der Waals surface area (Å²) in [5.74, 6) is 0.956. The second-order valence-corrected chi connectivity index (χ2v) is 6.86. The van der Waals surface area contributed by atoms with Crippen LogP contribution in [0, 0.1) is 5.41 Å². The van der Waals surface area contributed by atoms with Crippen molar-refractivity contribution in [3.63, 3.8) is 0 Å². The van der Waals surface area contributed by atoms with Gasteiger partial charge in [-0.05, 0) is 43.0 Å². The molecule has 1 fully saturated rings. The molecule has 1 aromatic carbocycles. The minimum atomic E-state index is 0.162. The van der Waals surface area contributed by atoms with E-state index in [0.29, 0.717) is 5.41 Å². The van der Waals surface area contributed by atoms with Crippen LogP contribution >= 0.6 is 11.6 Å². The Bertz CT molecular complexity index is 448. The van der Waals surface area contributed by atoms with E-state index in [1.165, 1.54) is 18.4 Å². The number of rotatable bonds is 5. The first-order valence-corrected chi connectivity index (χ1v) is 7.35. The van der Waals surface area contributed by atoms with Crippen molar-refractivity contribution in [3.8, 4) is 5.75 Å². The number of hydrogen-bond acceptors (Lipinski definition) is 2. The molecule has 0 bridgehead atoms. The number of methoxy groups -OCH3 is 1. The molecule has 0 amide bonds. The highest BCUT2D eigenvalue weighted by Crippen LogP contribution is 2.57. The molecule has 0 heterocycles. The van der Waals surface area contributed by atoms with Gasteiger partial charge in [0.1, 0.15) is 5.75 Å². The van der Waals surface area contributed by atoms with Gasteiger partial charge in [-0.2, -0.15) is 0 Å². The van der Waals surface area contributed by atoms with Crippen LogP contribution in [0.5, 0.6) is 5.75 Å². The van der Waals surface area contributed by atoms with Crippen LogP contribution in [0.25, 0.3) is 0 Å². The van der Waals surface area contributed by atoms with Gasteiger partial charge in [0.15, 0.2) is 0 Å². The average Bonchev–Trinajstić information content (AvgIpc) is 2.33. The lowest BCUT2D eigenvalue weighted by molar-refractivity contribution is 0.0548. The number of ether oxygens (including phenoxy) is 1. The van der Waals surface area contributed by atoms with Crippen molar-refractivity contribution >= 4 is 11.6 Å². The molecule has 0 unspecified atom stereocenters. The third-order valence-corrected chi connectivity index (χ3v) is 4.32. The molecule has 1 aromatic rings. The second kappa shape index (κ2) is 5.34. The molecule has 0 atom stereocenters. The smallest absolute Gasteiger partial charge is 0.122 e. The molecule has 3 heteroatoms. The van der Waals surface area contributed by atoms with Gasteiger partial charge in [-0.25, -0.2) is 0 Å². The number of benzene rings is 1. The monoisotopic (exact) mass is 281 g/mol. The Morgan fingerprint density at radius 1 is 1.32 bits per heavy atom. The molecule has 0 aliphatic heterocycles. The van der Waals surface area contributed by atoms with Crippen molar-refractivity contribution in [2.45, 2.75) is 39.0 Å². The number of halogens is 1. The number of nitrogens with one attached hydrogen (secondary N) is 1. The first-order valence-electron chi connectivity index (χ1n) is 6.97. The summed E-state index contributed by atoms with van der Waals surface area (Å²) in [7, 11) is 1.73. The lowest BCUT2D eigenvalue weighted by Crippen LogP contribution is -2.52. The lowest BCUT2D eigenvalue weighted by atomic mass is 9.51. The van der Waals surface area contributed by atoms with E-state index in [9.17, 15) is 0 Å². The van der Waals surface area contributed by atoms with Gasteiger partial charge in [0, 0.05) is 22.5 Å². The summed E-state index contributed by atoms with van der Waals surface area (Å²) in [5, 5.41) is 4.29. The maximum atomic E-state index is 6.19. The Morgan fingerprint density at radius 2 is 2.00 bits per heavy atom. The Morgan fingerprint density at radius 3 is 2.53 bits per heavy atom. The van der Waals surface area contributed by atoms with Gasteiger partial charge in [-0.1, -0.05) is 32.4 Å². The lowest BCUT2D eigenvalue weighted by Gasteiger charge is -2.54. The fourth-order valence-corrected chi connectivity index (χ4v) is 3.82. The van der Waals surface area contributed by atoms with Gasteiger partial charge in [0.05, 0.1) is 7.11 Å². The summed E-state index contributed by atoms with van der Waals surface area (Å²) in [5.41, 5.74) is 1.82. The molecule has 1 saturated carbocycles. The molecule has 0 spiro atoms. The molecule has 1 N–H and O–H groups in total. The van der Waals surface area contributed by atoms with E-state index in [4.69, 9.17) is 16.3 Å². The highest BCUT2D eigenvalue weighted by molar-refractivity contribution is 6.30. The van der Waals surface area contributed by atoms with Crippen LogP contribution in [-0.2, 0) is 5.41 Å². The van der Waals surface area contributed by atoms with E-state index in [1.54, 1.807) is 7.11 Å². The average molecular weight is 282 g/mol. The Hall–Kier alpha value is -0.730. The molecule has 0 saturated heterocycles. The van der Waals surface area contributed by atoms with Crippen LogP contribution in [0.3, 0.4) is 0 Å². The molecule has 1 aliphatic carbocycles. The van der Waals surface area contributed by atoms with Crippen molar-refractivity contribution in [1.82, 2.24) is 5.32 Å². The normalized spacial score (nSPS) is 19.8. The third kappa shape index (κ3) is 2.90. The molecule has 0 aromatic heterocycles. The summed E-state index contributed by atoms with van der Waals surface area (Å²) in [4.78, 5) is 0. The second-order valence-electron chi connectivity index (χ2n) is 6.42. The van der Waals surface area contributed by atoms with Gasteiger partial charge in [0.2, 0.25) is 0 Å². The number of likely N-dealkylation sites (N-methyl/N-ethyl adjacent to an activating group) is 1. The SMILES string of the molecule is CCNCC1(c2cc(Cl)ccc2OC)CC(C)(C)C1. The minimum absolute atomic E-state index is 0.162. The highest BCUT2D eigenvalue weighted by atomic mass is 35.5. The summed E-state index contributed by atoms with van der Waals surface area (Å²) in [6.07, 6.45) is 2.34. The maximum absolute atomic E-state index is 6.19. The molecule has 106 valence electrons. The number of hydrogen-bond donors (Lipinski definition) is 1. The minimum Gasteiger partial charge on any atom is -0.496 e. The van der Waals surface area contributed by atoms with Crippen molar-refractivity contribution in [1.29, 1.82) is 0 Å². The zero-order valence-corrected chi connectivity index (χ0v) is 13.1. The van der Waals surface area contributed by atoms with Crippen LogP contribution in [0.15, 0.2) is 18.2 Å². The largest absolute Gasteiger partial charge is 0.496 e. The van der Waals surface area contributed by atoms with Gasteiger partial charge < -0.3 is 10.1 Å². The summed E-state index contributed by atoms with van der Waals surface area (Å²) < 4.78 is 5.54. The topological polar surface area (TPSA) is 21.3 Å². The van der Waals surface area contributed by atoms with Crippen LogP contribution in [0.2, 0.25) is 5.02 Å². The summed E-state index contributed by atoms with van der Waals surface area (Å²) in [6, 6.07) is 5.96. The Kier molecular flexibility index (Phi) is 4.12. The molecule has 2 nitrogen and oxygen atoms in total. The molecule has 0 radical (unpaired) electrons. The van der Waals surface area contributed by atoms with E-state index >= 15 is 0 Å². The van der Waals surface area contributed by atoms with Gasteiger partial charge in [-0.3, -0.25) is 0 Å². The van der Waals surface area contributed by atoms with Crippen molar-refractivity contribution < 1.29 is 4.74 Å². The first kappa shape index (κ1) is 14.7. The standard InChI is InChI=1S/C16H24ClNO/c1-5-18-11-16(9-15(2,3)10-16)13-8-12(17)6-7-14(13)19-4/h6-8,18H,5,9-11H2,1-4H3. The highest BCUT2D eigenvalue weighted by Gasteiger charge is 2.50. The van der Waals surface area contributed by atoms with Gasteiger partial charge in [0.25, 0.3) is 0 Å². The third-order valence-electron chi connectivity index (χ3n) is 4.08. The zero-order valence-electron chi connectivity index (χ0n) is 12.3.